The van der Waals surface area contributed by atoms with Crippen LogP contribution in [-0.4, -0.2) is 13.1 Å². The van der Waals surface area contributed by atoms with E-state index in [1.54, 1.807) is 6.07 Å². The molecule has 2 rings (SSSR count). The van der Waals surface area contributed by atoms with Crippen LogP contribution in [0.1, 0.15) is 29.5 Å². The monoisotopic (exact) mass is 349 g/mol. The topological polar surface area (TPSA) is 12.0 Å². The summed E-state index contributed by atoms with van der Waals surface area (Å²) in [5.41, 5.74) is 3.56. The zero-order valence-corrected chi connectivity index (χ0v) is 14.1. The third kappa shape index (κ3) is 4.39. The van der Waals surface area contributed by atoms with Gasteiger partial charge in [-0.3, -0.25) is 0 Å². The SMILES string of the molecule is CCNCC(Cc1cccc(F)c1Br)c1ccc(C)cc1. The van der Waals surface area contributed by atoms with Gasteiger partial charge < -0.3 is 5.32 Å². The summed E-state index contributed by atoms with van der Waals surface area (Å²) in [5, 5.41) is 3.41. The van der Waals surface area contributed by atoms with Crippen molar-refractivity contribution in [3.05, 3.63) is 69.4 Å². The lowest BCUT2D eigenvalue weighted by atomic mass is 9.91. The number of likely N-dealkylation sites (N-methyl/N-ethyl adjacent to an activating group) is 1. The van der Waals surface area contributed by atoms with Crippen molar-refractivity contribution in [3.63, 3.8) is 0 Å². The average Bonchev–Trinajstić information content (AvgIpc) is 2.49. The number of benzene rings is 2. The lowest BCUT2D eigenvalue weighted by molar-refractivity contribution is 0.585. The molecule has 0 amide bonds. The van der Waals surface area contributed by atoms with Crippen LogP contribution in [0.2, 0.25) is 0 Å². The highest BCUT2D eigenvalue weighted by Crippen LogP contribution is 2.27. The molecule has 0 aromatic heterocycles. The number of hydrogen-bond donors (Lipinski definition) is 1. The van der Waals surface area contributed by atoms with Gasteiger partial charge in [-0.1, -0.05) is 48.9 Å². The number of aryl methyl sites for hydroxylation is 1. The van der Waals surface area contributed by atoms with E-state index in [1.165, 1.54) is 17.2 Å². The van der Waals surface area contributed by atoms with E-state index in [-0.39, 0.29) is 5.82 Å². The second-order valence-electron chi connectivity index (χ2n) is 5.33. The molecule has 3 heteroatoms. The highest BCUT2D eigenvalue weighted by molar-refractivity contribution is 9.10. The average molecular weight is 350 g/mol. The van der Waals surface area contributed by atoms with Crippen LogP contribution in [0.5, 0.6) is 0 Å². The molecule has 2 aromatic rings. The molecule has 0 saturated carbocycles. The Morgan fingerprint density at radius 3 is 2.52 bits per heavy atom. The smallest absolute Gasteiger partial charge is 0.137 e. The van der Waals surface area contributed by atoms with Gasteiger partial charge in [0.25, 0.3) is 0 Å². The summed E-state index contributed by atoms with van der Waals surface area (Å²) in [6.45, 7) is 6.02. The number of nitrogens with one attached hydrogen (secondary N) is 1. The Hall–Kier alpha value is -1.19. The normalized spacial score (nSPS) is 12.4. The Morgan fingerprint density at radius 1 is 1.14 bits per heavy atom. The molecule has 1 nitrogen and oxygen atoms in total. The van der Waals surface area contributed by atoms with Crippen molar-refractivity contribution in [2.45, 2.75) is 26.2 Å². The maximum atomic E-state index is 13.7. The highest BCUT2D eigenvalue weighted by atomic mass is 79.9. The van der Waals surface area contributed by atoms with Gasteiger partial charge in [0.2, 0.25) is 0 Å². The highest BCUT2D eigenvalue weighted by Gasteiger charge is 2.15. The molecule has 0 spiro atoms. The van der Waals surface area contributed by atoms with Gasteiger partial charge in [0.05, 0.1) is 4.47 Å². The van der Waals surface area contributed by atoms with Crippen LogP contribution >= 0.6 is 15.9 Å². The van der Waals surface area contributed by atoms with Crippen molar-refractivity contribution in [1.82, 2.24) is 5.32 Å². The largest absolute Gasteiger partial charge is 0.316 e. The predicted molar refractivity (Wildman–Crippen MR) is 90.3 cm³/mol. The molecule has 1 atom stereocenters. The van der Waals surface area contributed by atoms with Gasteiger partial charge >= 0.3 is 0 Å². The summed E-state index contributed by atoms with van der Waals surface area (Å²) in [4.78, 5) is 0. The molecule has 0 bridgehead atoms. The van der Waals surface area contributed by atoms with Crippen LogP contribution in [0, 0.1) is 12.7 Å². The van der Waals surface area contributed by atoms with Crippen molar-refractivity contribution in [1.29, 1.82) is 0 Å². The number of hydrogen-bond acceptors (Lipinski definition) is 1. The molecule has 1 unspecified atom stereocenters. The van der Waals surface area contributed by atoms with E-state index < -0.39 is 0 Å². The van der Waals surface area contributed by atoms with Gasteiger partial charge in [-0.25, -0.2) is 4.39 Å². The Kier molecular flexibility index (Phi) is 5.95. The number of halogens is 2. The van der Waals surface area contributed by atoms with Crippen LogP contribution in [0.15, 0.2) is 46.9 Å². The van der Waals surface area contributed by atoms with E-state index in [0.29, 0.717) is 10.4 Å². The summed E-state index contributed by atoms with van der Waals surface area (Å²) in [7, 11) is 0. The molecule has 0 radical (unpaired) electrons. The van der Waals surface area contributed by atoms with E-state index in [0.717, 1.165) is 25.1 Å². The molecule has 0 heterocycles. The zero-order chi connectivity index (χ0) is 15.2. The van der Waals surface area contributed by atoms with Gasteiger partial charge in [-0.05, 0) is 53.0 Å². The molecule has 1 N–H and O–H groups in total. The first-order chi connectivity index (χ1) is 10.1. The lowest BCUT2D eigenvalue weighted by Crippen LogP contribution is -2.22. The molecular formula is C18H21BrFN. The van der Waals surface area contributed by atoms with E-state index in [2.05, 4.69) is 59.4 Å². The minimum atomic E-state index is -0.196. The number of rotatable bonds is 6. The minimum Gasteiger partial charge on any atom is -0.316 e. The van der Waals surface area contributed by atoms with Crippen LogP contribution in [-0.2, 0) is 6.42 Å². The summed E-state index contributed by atoms with van der Waals surface area (Å²) < 4.78 is 14.3. The Morgan fingerprint density at radius 2 is 1.86 bits per heavy atom. The van der Waals surface area contributed by atoms with Gasteiger partial charge in [0.15, 0.2) is 0 Å². The molecule has 0 saturated heterocycles. The Balaban J connectivity index is 2.23. The van der Waals surface area contributed by atoms with Gasteiger partial charge in [-0.15, -0.1) is 0 Å². The molecular weight excluding hydrogens is 329 g/mol. The molecule has 21 heavy (non-hydrogen) atoms. The van der Waals surface area contributed by atoms with Crippen molar-refractivity contribution in [2.24, 2.45) is 0 Å². The van der Waals surface area contributed by atoms with Gasteiger partial charge in [-0.2, -0.15) is 0 Å². The fraction of sp³-hybridized carbons (Fsp3) is 0.333. The second-order valence-corrected chi connectivity index (χ2v) is 6.13. The molecule has 112 valence electrons. The third-order valence-corrected chi connectivity index (χ3v) is 4.58. The maximum absolute atomic E-state index is 13.7. The van der Waals surface area contributed by atoms with Crippen LogP contribution < -0.4 is 5.32 Å². The van der Waals surface area contributed by atoms with Crippen LogP contribution in [0.25, 0.3) is 0 Å². The Bertz CT molecular complexity index is 580. The predicted octanol–water partition coefficient (Wildman–Crippen LogP) is 4.83. The molecule has 0 aliphatic heterocycles. The summed E-state index contributed by atoms with van der Waals surface area (Å²) in [6.07, 6.45) is 0.814. The van der Waals surface area contributed by atoms with Crippen molar-refractivity contribution in [3.8, 4) is 0 Å². The lowest BCUT2D eigenvalue weighted by Gasteiger charge is -2.19. The second kappa shape index (κ2) is 7.71. The molecule has 0 fully saturated rings. The van der Waals surface area contributed by atoms with E-state index in [4.69, 9.17) is 0 Å². The quantitative estimate of drug-likeness (QED) is 0.787. The minimum absolute atomic E-state index is 0.196. The molecule has 0 aliphatic carbocycles. The van der Waals surface area contributed by atoms with Crippen LogP contribution in [0.4, 0.5) is 4.39 Å². The molecule has 2 aromatic carbocycles. The fourth-order valence-electron chi connectivity index (χ4n) is 2.44. The first kappa shape index (κ1) is 16.2. The van der Waals surface area contributed by atoms with E-state index in [1.807, 2.05) is 6.07 Å². The van der Waals surface area contributed by atoms with Crippen LogP contribution in [0.3, 0.4) is 0 Å². The fourth-order valence-corrected chi connectivity index (χ4v) is 2.86. The van der Waals surface area contributed by atoms with E-state index in [9.17, 15) is 4.39 Å². The summed E-state index contributed by atoms with van der Waals surface area (Å²) in [6, 6.07) is 13.9. The first-order valence-corrected chi connectivity index (χ1v) is 8.11. The van der Waals surface area contributed by atoms with Gasteiger partial charge in [0, 0.05) is 12.5 Å². The van der Waals surface area contributed by atoms with Crippen molar-refractivity contribution >= 4 is 15.9 Å². The third-order valence-electron chi connectivity index (χ3n) is 3.69. The summed E-state index contributed by atoms with van der Waals surface area (Å²) in [5.74, 6) is 0.141. The summed E-state index contributed by atoms with van der Waals surface area (Å²) >= 11 is 3.37. The standard InChI is InChI=1S/C18H21BrFN/c1-3-21-12-16(14-9-7-13(2)8-10-14)11-15-5-4-6-17(20)18(15)19/h4-10,16,21H,3,11-12H2,1-2H3. The zero-order valence-electron chi connectivity index (χ0n) is 12.5. The van der Waals surface area contributed by atoms with E-state index >= 15 is 0 Å². The first-order valence-electron chi connectivity index (χ1n) is 7.32. The van der Waals surface area contributed by atoms with Gasteiger partial charge in [0.1, 0.15) is 5.82 Å². The Labute approximate surface area is 134 Å². The van der Waals surface area contributed by atoms with Crippen molar-refractivity contribution < 1.29 is 4.39 Å². The maximum Gasteiger partial charge on any atom is 0.137 e. The van der Waals surface area contributed by atoms with Crippen molar-refractivity contribution in [2.75, 3.05) is 13.1 Å². The molecule has 0 aliphatic rings.